The van der Waals surface area contributed by atoms with Crippen molar-refractivity contribution >= 4 is 24.6 Å². The zero-order valence-corrected chi connectivity index (χ0v) is 11.1. The summed E-state index contributed by atoms with van der Waals surface area (Å²) in [5, 5.41) is -0.494. The second-order valence-electron chi connectivity index (χ2n) is 3.29. The number of ether oxygens (including phenoxy) is 2. The van der Waals surface area contributed by atoms with Crippen molar-refractivity contribution in [1.29, 1.82) is 0 Å². The van der Waals surface area contributed by atoms with Gasteiger partial charge in [0.1, 0.15) is 0 Å². The SMILES string of the molecule is C=C(CC(S)C(=C)C(=O)OCC)C(=O)OCC. The molecule has 0 fully saturated rings. The summed E-state index contributed by atoms with van der Waals surface area (Å²) >= 11 is 4.19. The molecule has 0 aliphatic rings. The van der Waals surface area contributed by atoms with E-state index < -0.39 is 17.2 Å². The molecule has 5 heteroatoms. The molecule has 0 aromatic rings. The van der Waals surface area contributed by atoms with E-state index in [0.717, 1.165) is 0 Å². The lowest BCUT2D eigenvalue weighted by Crippen LogP contribution is -2.18. The average molecular weight is 258 g/mol. The molecule has 0 bridgehead atoms. The van der Waals surface area contributed by atoms with Gasteiger partial charge in [-0.3, -0.25) is 0 Å². The van der Waals surface area contributed by atoms with Gasteiger partial charge in [0, 0.05) is 16.4 Å². The fraction of sp³-hybridized carbons (Fsp3) is 0.500. The second-order valence-corrected chi connectivity index (χ2v) is 3.91. The summed E-state index contributed by atoms with van der Waals surface area (Å²) in [6, 6.07) is 0. The van der Waals surface area contributed by atoms with Gasteiger partial charge >= 0.3 is 11.9 Å². The highest BCUT2D eigenvalue weighted by Gasteiger charge is 2.20. The maximum Gasteiger partial charge on any atom is 0.334 e. The van der Waals surface area contributed by atoms with Gasteiger partial charge in [-0.2, -0.15) is 12.6 Å². The summed E-state index contributed by atoms with van der Waals surface area (Å²) in [6.45, 7) is 11.1. The van der Waals surface area contributed by atoms with Crippen molar-refractivity contribution in [2.24, 2.45) is 0 Å². The van der Waals surface area contributed by atoms with Crippen molar-refractivity contribution < 1.29 is 19.1 Å². The smallest absolute Gasteiger partial charge is 0.334 e. The van der Waals surface area contributed by atoms with Crippen LogP contribution in [0.15, 0.2) is 24.3 Å². The van der Waals surface area contributed by atoms with Crippen LogP contribution in [0.1, 0.15) is 20.3 Å². The van der Waals surface area contributed by atoms with Crippen molar-refractivity contribution in [3.8, 4) is 0 Å². The molecule has 0 radical (unpaired) electrons. The first kappa shape index (κ1) is 15.8. The summed E-state index contributed by atoms with van der Waals surface area (Å²) < 4.78 is 9.56. The molecular weight excluding hydrogens is 240 g/mol. The van der Waals surface area contributed by atoms with Gasteiger partial charge in [-0.15, -0.1) is 0 Å². The van der Waals surface area contributed by atoms with Crippen LogP contribution >= 0.6 is 12.6 Å². The summed E-state index contributed by atoms with van der Waals surface area (Å²) in [5.41, 5.74) is 0.470. The van der Waals surface area contributed by atoms with Crippen LogP contribution in [0.4, 0.5) is 0 Å². The molecule has 0 aliphatic carbocycles. The topological polar surface area (TPSA) is 52.6 Å². The molecule has 0 aliphatic heterocycles. The van der Waals surface area contributed by atoms with E-state index in [1.165, 1.54) is 0 Å². The summed E-state index contributed by atoms with van der Waals surface area (Å²) in [4.78, 5) is 22.6. The third-order valence-corrected chi connectivity index (χ3v) is 2.44. The van der Waals surface area contributed by atoms with Crippen LogP contribution < -0.4 is 0 Å². The molecule has 0 rings (SSSR count). The average Bonchev–Trinajstić information content (AvgIpc) is 2.28. The quantitative estimate of drug-likeness (QED) is 0.430. The number of rotatable bonds is 7. The van der Waals surface area contributed by atoms with Crippen LogP contribution in [0.2, 0.25) is 0 Å². The second kappa shape index (κ2) is 7.95. The van der Waals surface area contributed by atoms with Crippen LogP contribution in [0.25, 0.3) is 0 Å². The van der Waals surface area contributed by atoms with E-state index in [9.17, 15) is 9.59 Å². The van der Waals surface area contributed by atoms with Gasteiger partial charge in [0.15, 0.2) is 0 Å². The van der Waals surface area contributed by atoms with Crippen molar-refractivity contribution in [2.75, 3.05) is 13.2 Å². The molecule has 17 heavy (non-hydrogen) atoms. The largest absolute Gasteiger partial charge is 0.463 e. The molecule has 0 heterocycles. The minimum absolute atomic E-state index is 0.208. The molecule has 1 atom stereocenters. The normalized spacial score (nSPS) is 11.5. The molecule has 1 unspecified atom stereocenters. The lowest BCUT2D eigenvalue weighted by Gasteiger charge is -2.13. The Labute approximate surface area is 107 Å². The van der Waals surface area contributed by atoms with Crippen molar-refractivity contribution in [1.82, 2.24) is 0 Å². The van der Waals surface area contributed by atoms with Crippen LogP contribution in [-0.2, 0) is 19.1 Å². The number of esters is 2. The van der Waals surface area contributed by atoms with Gasteiger partial charge < -0.3 is 9.47 Å². The summed E-state index contributed by atoms with van der Waals surface area (Å²) in [6.07, 6.45) is 0.208. The lowest BCUT2D eigenvalue weighted by atomic mass is 10.1. The van der Waals surface area contributed by atoms with E-state index in [-0.39, 0.29) is 30.8 Å². The molecule has 0 amide bonds. The molecule has 0 saturated carbocycles. The van der Waals surface area contributed by atoms with E-state index in [1.54, 1.807) is 13.8 Å². The minimum Gasteiger partial charge on any atom is -0.463 e. The monoisotopic (exact) mass is 258 g/mol. The van der Waals surface area contributed by atoms with E-state index in [4.69, 9.17) is 9.47 Å². The molecule has 0 saturated heterocycles. The van der Waals surface area contributed by atoms with Gasteiger partial charge in [0.05, 0.1) is 13.2 Å². The fourth-order valence-corrected chi connectivity index (χ4v) is 1.36. The first-order valence-electron chi connectivity index (χ1n) is 5.32. The Morgan fingerprint density at radius 2 is 1.59 bits per heavy atom. The standard InChI is InChI=1S/C12H18O4S/c1-5-15-11(13)8(3)7-10(17)9(4)12(14)16-6-2/h10,17H,3-7H2,1-2H3. The molecular formula is C12H18O4S. The van der Waals surface area contributed by atoms with Crippen LogP contribution in [-0.4, -0.2) is 30.4 Å². The predicted molar refractivity (Wildman–Crippen MR) is 68.9 cm³/mol. The van der Waals surface area contributed by atoms with E-state index >= 15 is 0 Å². The molecule has 0 aromatic heterocycles. The van der Waals surface area contributed by atoms with Gasteiger partial charge in [-0.05, 0) is 20.3 Å². The summed E-state index contributed by atoms with van der Waals surface area (Å²) in [5.74, 6) is -0.993. The zero-order valence-electron chi connectivity index (χ0n) is 10.2. The number of carbonyl (C=O) groups is 2. The Bertz CT molecular complexity index is 322. The highest BCUT2D eigenvalue weighted by Crippen LogP contribution is 2.18. The van der Waals surface area contributed by atoms with Crippen LogP contribution in [0.3, 0.4) is 0 Å². The first-order valence-corrected chi connectivity index (χ1v) is 5.84. The minimum atomic E-state index is -0.510. The lowest BCUT2D eigenvalue weighted by molar-refractivity contribution is -0.140. The number of hydrogen-bond acceptors (Lipinski definition) is 5. The van der Waals surface area contributed by atoms with E-state index in [2.05, 4.69) is 25.8 Å². The zero-order chi connectivity index (χ0) is 13.4. The molecule has 0 spiro atoms. The van der Waals surface area contributed by atoms with E-state index in [0.29, 0.717) is 0 Å². The van der Waals surface area contributed by atoms with Gasteiger partial charge in [-0.25, -0.2) is 9.59 Å². The number of thiol groups is 1. The van der Waals surface area contributed by atoms with Gasteiger partial charge in [0.25, 0.3) is 0 Å². The Morgan fingerprint density at radius 3 is 2.06 bits per heavy atom. The highest BCUT2D eigenvalue weighted by molar-refractivity contribution is 7.81. The third-order valence-electron chi connectivity index (χ3n) is 1.94. The Morgan fingerprint density at radius 1 is 1.12 bits per heavy atom. The predicted octanol–water partition coefficient (Wildman–Crippen LogP) is 1.91. The Hall–Kier alpha value is -1.23. The Balaban J connectivity index is 4.29. The van der Waals surface area contributed by atoms with Gasteiger partial charge in [0.2, 0.25) is 0 Å². The molecule has 0 N–H and O–H groups in total. The Kier molecular flexibility index (Phi) is 7.37. The van der Waals surface area contributed by atoms with Crippen molar-refractivity contribution in [3.05, 3.63) is 24.3 Å². The molecule has 0 aromatic carbocycles. The maximum absolute atomic E-state index is 11.3. The third kappa shape index (κ3) is 5.58. The number of carbonyl (C=O) groups excluding carboxylic acids is 2. The van der Waals surface area contributed by atoms with Crippen molar-refractivity contribution in [2.45, 2.75) is 25.5 Å². The highest BCUT2D eigenvalue weighted by atomic mass is 32.1. The molecule has 4 nitrogen and oxygen atoms in total. The first-order chi connectivity index (χ1) is 7.93. The van der Waals surface area contributed by atoms with Crippen LogP contribution in [0, 0.1) is 0 Å². The number of hydrogen-bond donors (Lipinski definition) is 1. The fourth-order valence-electron chi connectivity index (χ4n) is 1.03. The van der Waals surface area contributed by atoms with Crippen LogP contribution in [0.5, 0.6) is 0 Å². The van der Waals surface area contributed by atoms with Crippen molar-refractivity contribution in [3.63, 3.8) is 0 Å². The summed E-state index contributed by atoms with van der Waals surface area (Å²) in [7, 11) is 0. The van der Waals surface area contributed by atoms with E-state index in [1.807, 2.05) is 0 Å². The van der Waals surface area contributed by atoms with Gasteiger partial charge in [-0.1, -0.05) is 13.2 Å². The maximum atomic E-state index is 11.3. The molecule has 96 valence electrons.